The monoisotopic (exact) mass is 276 g/mol. The lowest BCUT2D eigenvalue weighted by atomic mass is 9.98. The average molecular weight is 276 g/mol. The van der Waals surface area contributed by atoms with Crippen molar-refractivity contribution in [3.63, 3.8) is 0 Å². The highest BCUT2D eigenvalue weighted by atomic mass is 16.5. The van der Waals surface area contributed by atoms with Crippen LogP contribution in [0.15, 0.2) is 6.20 Å². The van der Waals surface area contributed by atoms with Gasteiger partial charge in [-0.2, -0.15) is 0 Å². The van der Waals surface area contributed by atoms with Gasteiger partial charge in [-0.25, -0.2) is 4.68 Å². The average Bonchev–Trinajstić information content (AvgIpc) is 3.41. The van der Waals surface area contributed by atoms with Gasteiger partial charge in [0, 0.05) is 19.2 Å². The van der Waals surface area contributed by atoms with Gasteiger partial charge >= 0.3 is 0 Å². The Balaban J connectivity index is 1.39. The molecule has 0 amide bonds. The lowest BCUT2D eigenvalue weighted by Gasteiger charge is -2.31. The Hall–Kier alpha value is -0.940. The maximum absolute atomic E-state index is 6.00. The molecule has 1 N–H and O–H groups in total. The van der Waals surface area contributed by atoms with Crippen molar-refractivity contribution in [3.8, 4) is 0 Å². The smallest absolute Gasteiger partial charge is 0.0738 e. The lowest BCUT2D eigenvalue weighted by molar-refractivity contribution is -0.0129. The molecular formula is C15H24N4O. The van der Waals surface area contributed by atoms with Crippen LogP contribution in [-0.4, -0.2) is 33.7 Å². The van der Waals surface area contributed by atoms with Gasteiger partial charge in [-0.1, -0.05) is 5.21 Å². The summed E-state index contributed by atoms with van der Waals surface area (Å²) in [4.78, 5) is 0. The second-order valence-electron chi connectivity index (χ2n) is 6.55. The summed E-state index contributed by atoms with van der Waals surface area (Å²) in [6.07, 6.45) is 11.3. The quantitative estimate of drug-likeness (QED) is 0.864. The van der Waals surface area contributed by atoms with E-state index in [9.17, 15) is 0 Å². The third-order valence-electron chi connectivity index (χ3n) is 4.81. The molecule has 5 heteroatoms. The van der Waals surface area contributed by atoms with Gasteiger partial charge in [0.15, 0.2) is 0 Å². The second-order valence-corrected chi connectivity index (χ2v) is 6.55. The molecule has 2 aliphatic carbocycles. The molecule has 0 spiro atoms. The van der Waals surface area contributed by atoms with Gasteiger partial charge in [0.2, 0.25) is 0 Å². The highest BCUT2D eigenvalue weighted by Gasteiger charge is 2.37. The van der Waals surface area contributed by atoms with Crippen molar-refractivity contribution >= 4 is 0 Å². The summed E-state index contributed by atoms with van der Waals surface area (Å²) in [5.74, 6) is 0.823. The zero-order chi connectivity index (χ0) is 13.4. The maximum Gasteiger partial charge on any atom is 0.0738 e. The maximum atomic E-state index is 6.00. The Kier molecular flexibility index (Phi) is 3.48. The first-order chi connectivity index (χ1) is 9.92. The van der Waals surface area contributed by atoms with Crippen molar-refractivity contribution < 1.29 is 4.74 Å². The summed E-state index contributed by atoms with van der Waals surface area (Å²) in [6.45, 7) is 1.82. The van der Waals surface area contributed by atoms with Crippen LogP contribution in [0.25, 0.3) is 0 Å². The van der Waals surface area contributed by atoms with Gasteiger partial charge in [-0.05, 0) is 50.9 Å². The molecule has 1 aromatic rings. The Morgan fingerprint density at radius 3 is 2.85 bits per heavy atom. The van der Waals surface area contributed by atoms with Gasteiger partial charge < -0.3 is 10.1 Å². The van der Waals surface area contributed by atoms with E-state index in [1.165, 1.54) is 50.6 Å². The molecule has 0 bridgehead atoms. The summed E-state index contributed by atoms with van der Waals surface area (Å²) in [7, 11) is 0. The van der Waals surface area contributed by atoms with Crippen molar-refractivity contribution in [3.05, 3.63) is 11.9 Å². The van der Waals surface area contributed by atoms with Crippen LogP contribution in [-0.2, 0) is 11.3 Å². The standard InChI is InChI=1S/C15H24N4O/c1-2-8-20-14(3-1)15(11-4-5-11)16-9-13-10-17-18-19(13)12-6-7-12/h10-12,14-16H,1-9H2. The van der Waals surface area contributed by atoms with E-state index in [0.717, 1.165) is 19.1 Å². The van der Waals surface area contributed by atoms with E-state index in [2.05, 4.69) is 20.3 Å². The molecule has 2 atom stereocenters. The third kappa shape index (κ3) is 2.74. The molecule has 1 aromatic heterocycles. The number of ether oxygens (including phenoxy) is 1. The second kappa shape index (κ2) is 5.45. The van der Waals surface area contributed by atoms with Crippen molar-refractivity contribution in [2.75, 3.05) is 6.61 Å². The van der Waals surface area contributed by atoms with E-state index < -0.39 is 0 Å². The summed E-state index contributed by atoms with van der Waals surface area (Å²) >= 11 is 0. The van der Waals surface area contributed by atoms with Crippen LogP contribution in [0.3, 0.4) is 0 Å². The van der Waals surface area contributed by atoms with Gasteiger partial charge in [0.25, 0.3) is 0 Å². The minimum Gasteiger partial charge on any atom is -0.377 e. The molecule has 1 saturated heterocycles. The van der Waals surface area contributed by atoms with Crippen LogP contribution in [0.4, 0.5) is 0 Å². The molecule has 2 heterocycles. The SMILES string of the molecule is c1nnn(C2CC2)c1CNC(C1CC1)C1CCCCO1. The van der Waals surface area contributed by atoms with Crippen LogP contribution in [0.2, 0.25) is 0 Å². The Morgan fingerprint density at radius 1 is 1.25 bits per heavy atom. The van der Waals surface area contributed by atoms with Gasteiger partial charge in [0.1, 0.15) is 0 Å². The fourth-order valence-electron chi connectivity index (χ4n) is 3.35. The molecule has 20 heavy (non-hydrogen) atoms. The van der Waals surface area contributed by atoms with E-state index in [-0.39, 0.29) is 0 Å². The zero-order valence-corrected chi connectivity index (χ0v) is 12.0. The lowest BCUT2D eigenvalue weighted by Crippen LogP contribution is -2.44. The number of rotatable bonds is 6. The Labute approximate surface area is 120 Å². The first kappa shape index (κ1) is 12.8. The highest BCUT2D eigenvalue weighted by molar-refractivity contribution is 5.01. The molecule has 3 fully saturated rings. The summed E-state index contributed by atoms with van der Waals surface area (Å²) in [5, 5.41) is 12.1. The zero-order valence-electron chi connectivity index (χ0n) is 12.0. The normalized spacial score (nSPS) is 28.5. The number of hydrogen-bond acceptors (Lipinski definition) is 4. The first-order valence-electron chi connectivity index (χ1n) is 8.16. The van der Waals surface area contributed by atoms with Crippen LogP contribution in [0.5, 0.6) is 0 Å². The van der Waals surface area contributed by atoms with Crippen LogP contribution >= 0.6 is 0 Å². The molecule has 4 rings (SSSR count). The Morgan fingerprint density at radius 2 is 2.15 bits per heavy atom. The van der Waals surface area contributed by atoms with E-state index in [1.807, 2.05) is 6.20 Å². The fraction of sp³-hybridized carbons (Fsp3) is 0.867. The van der Waals surface area contributed by atoms with Crippen molar-refractivity contribution in [2.24, 2.45) is 5.92 Å². The molecule has 3 aliphatic rings. The predicted molar refractivity (Wildman–Crippen MR) is 75.2 cm³/mol. The van der Waals surface area contributed by atoms with Crippen molar-refractivity contribution in [1.82, 2.24) is 20.3 Å². The van der Waals surface area contributed by atoms with Gasteiger partial charge in [0.05, 0.1) is 24.0 Å². The number of hydrogen-bond donors (Lipinski definition) is 1. The van der Waals surface area contributed by atoms with Gasteiger partial charge in [-0.3, -0.25) is 0 Å². The molecule has 0 radical (unpaired) electrons. The number of nitrogens with zero attached hydrogens (tertiary/aromatic N) is 3. The number of nitrogens with one attached hydrogen (secondary N) is 1. The predicted octanol–water partition coefficient (Wildman–Crippen LogP) is 2.05. The first-order valence-corrected chi connectivity index (χ1v) is 8.16. The largest absolute Gasteiger partial charge is 0.377 e. The van der Waals surface area contributed by atoms with Crippen LogP contribution in [0, 0.1) is 5.92 Å². The van der Waals surface area contributed by atoms with E-state index in [4.69, 9.17) is 4.74 Å². The summed E-state index contributed by atoms with van der Waals surface area (Å²) < 4.78 is 8.11. The van der Waals surface area contributed by atoms with Crippen LogP contribution < -0.4 is 5.32 Å². The van der Waals surface area contributed by atoms with E-state index >= 15 is 0 Å². The molecular weight excluding hydrogens is 252 g/mol. The summed E-state index contributed by atoms with van der Waals surface area (Å²) in [6, 6.07) is 1.14. The minimum atomic E-state index is 0.418. The molecule has 5 nitrogen and oxygen atoms in total. The summed E-state index contributed by atoms with van der Waals surface area (Å²) in [5.41, 5.74) is 1.23. The van der Waals surface area contributed by atoms with E-state index in [1.54, 1.807) is 0 Å². The Bertz CT molecular complexity index is 446. The topological polar surface area (TPSA) is 52.0 Å². The van der Waals surface area contributed by atoms with Crippen LogP contribution in [0.1, 0.15) is 56.7 Å². The minimum absolute atomic E-state index is 0.418. The fourth-order valence-corrected chi connectivity index (χ4v) is 3.35. The molecule has 2 saturated carbocycles. The molecule has 110 valence electrons. The number of aromatic nitrogens is 3. The van der Waals surface area contributed by atoms with Crippen molar-refractivity contribution in [2.45, 2.75) is 69.7 Å². The molecule has 0 aromatic carbocycles. The molecule has 2 unspecified atom stereocenters. The third-order valence-corrected chi connectivity index (χ3v) is 4.81. The van der Waals surface area contributed by atoms with Crippen molar-refractivity contribution in [1.29, 1.82) is 0 Å². The highest BCUT2D eigenvalue weighted by Crippen LogP contribution is 2.37. The van der Waals surface area contributed by atoms with Gasteiger partial charge in [-0.15, -0.1) is 5.10 Å². The van der Waals surface area contributed by atoms with E-state index in [0.29, 0.717) is 18.2 Å². The molecule has 1 aliphatic heterocycles.